The van der Waals surface area contributed by atoms with E-state index in [0.29, 0.717) is 25.1 Å². The van der Waals surface area contributed by atoms with Crippen molar-refractivity contribution in [2.75, 3.05) is 31.1 Å². The lowest BCUT2D eigenvalue weighted by atomic mass is 10.1. The lowest BCUT2D eigenvalue weighted by Gasteiger charge is -2.15. The minimum atomic E-state index is -3.48. The number of benzene rings is 1. The average molecular weight is 386 g/mol. The third-order valence-electron chi connectivity index (χ3n) is 4.66. The summed E-state index contributed by atoms with van der Waals surface area (Å²) in [5.41, 5.74) is 0.411. The van der Waals surface area contributed by atoms with Crippen molar-refractivity contribution in [2.45, 2.75) is 30.2 Å². The summed E-state index contributed by atoms with van der Waals surface area (Å²) in [7, 11) is -6.46. The number of hydrogen-bond donors (Lipinski definition) is 1. The van der Waals surface area contributed by atoms with Crippen molar-refractivity contribution in [3.63, 3.8) is 0 Å². The maximum absolute atomic E-state index is 12.4. The first-order chi connectivity index (χ1) is 11.8. The Bertz CT molecular complexity index is 841. The van der Waals surface area contributed by atoms with E-state index < -0.39 is 19.9 Å². The molecule has 3 rings (SSSR count). The summed E-state index contributed by atoms with van der Waals surface area (Å²) in [6.07, 6.45) is 2.26. The molecule has 0 radical (unpaired) electrons. The zero-order chi connectivity index (χ0) is 18.1. The van der Waals surface area contributed by atoms with E-state index in [1.54, 1.807) is 0 Å². The molecular weight excluding hydrogens is 364 g/mol. The molecule has 7 nitrogen and oxygen atoms in total. The first-order valence-electron chi connectivity index (χ1n) is 8.35. The van der Waals surface area contributed by atoms with Gasteiger partial charge in [-0.15, -0.1) is 0 Å². The van der Waals surface area contributed by atoms with Crippen molar-refractivity contribution in [3.05, 3.63) is 29.8 Å². The molecule has 2 heterocycles. The summed E-state index contributed by atoms with van der Waals surface area (Å²) in [6.45, 7) is 1.12. The van der Waals surface area contributed by atoms with Gasteiger partial charge in [-0.25, -0.2) is 16.8 Å². The third kappa shape index (κ3) is 4.28. The van der Waals surface area contributed by atoms with Gasteiger partial charge >= 0.3 is 0 Å². The topological polar surface area (TPSA) is 101 Å². The maximum atomic E-state index is 12.4. The zero-order valence-electron chi connectivity index (χ0n) is 13.8. The van der Waals surface area contributed by atoms with Crippen LogP contribution in [-0.2, 0) is 19.9 Å². The van der Waals surface area contributed by atoms with Gasteiger partial charge in [0.1, 0.15) is 0 Å². The zero-order valence-corrected chi connectivity index (χ0v) is 15.5. The number of carbonyl (C=O) groups is 1. The number of sulfone groups is 1. The van der Waals surface area contributed by atoms with E-state index in [1.165, 1.54) is 28.6 Å². The van der Waals surface area contributed by atoms with Crippen molar-refractivity contribution < 1.29 is 21.6 Å². The monoisotopic (exact) mass is 386 g/mol. The molecule has 1 aromatic rings. The molecule has 2 aliphatic heterocycles. The summed E-state index contributed by atoms with van der Waals surface area (Å²) in [5, 5.41) is 2.97. The van der Waals surface area contributed by atoms with E-state index in [9.17, 15) is 21.6 Å². The van der Waals surface area contributed by atoms with Crippen LogP contribution < -0.4 is 5.32 Å². The van der Waals surface area contributed by atoms with Gasteiger partial charge in [-0.3, -0.25) is 4.79 Å². The highest BCUT2D eigenvalue weighted by Gasteiger charge is 2.28. The largest absolute Gasteiger partial charge is 0.306 e. The Kier molecular flexibility index (Phi) is 5.29. The van der Waals surface area contributed by atoms with E-state index in [-0.39, 0.29) is 34.8 Å². The van der Waals surface area contributed by atoms with E-state index in [0.717, 1.165) is 12.8 Å². The molecule has 0 aromatic heterocycles. The van der Waals surface area contributed by atoms with Gasteiger partial charge in [0, 0.05) is 24.7 Å². The lowest BCUT2D eigenvalue weighted by molar-refractivity contribution is 0.0988. The van der Waals surface area contributed by atoms with Crippen LogP contribution >= 0.6 is 0 Å². The molecule has 0 spiro atoms. The molecule has 2 fully saturated rings. The highest BCUT2D eigenvalue weighted by molar-refractivity contribution is 7.91. The first kappa shape index (κ1) is 18.5. The summed E-state index contributed by atoms with van der Waals surface area (Å²) >= 11 is 0. The van der Waals surface area contributed by atoms with Gasteiger partial charge in [-0.2, -0.15) is 4.31 Å². The average Bonchev–Trinajstić information content (AvgIpc) is 3.22. The van der Waals surface area contributed by atoms with Crippen LogP contribution in [0.3, 0.4) is 0 Å². The molecular formula is C16H22N2O5S2. The summed E-state index contributed by atoms with van der Waals surface area (Å²) in [6, 6.07) is 5.75. The highest BCUT2D eigenvalue weighted by atomic mass is 32.2. The van der Waals surface area contributed by atoms with Gasteiger partial charge in [0.15, 0.2) is 15.6 Å². The van der Waals surface area contributed by atoms with Gasteiger partial charge in [0.05, 0.1) is 22.9 Å². The Morgan fingerprint density at radius 1 is 1.16 bits per heavy atom. The second-order valence-electron chi connectivity index (χ2n) is 6.54. The maximum Gasteiger partial charge on any atom is 0.243 e. The Morgan fingerprint density at radius 2 is 1.80 bits per heavy atom. The predicted molar refractivity (Wildman–Crippen MR) is 93.8 cm³/mol. The molecule has 25 heavy (non-hydrogen) atoms. The van der Waals surface area contributed by atoms with Crippen LogP contribution in [0.1, 0.15) is 29.6 Å². The third-order valence-corrected chi connectivity index (χ3v) is 8.34. The molecule has 0 amide bonds. The molecule has 0 saturated carbocycles. The fraction of sp³-hybridized carbons (Fsp3) is 0.562. The van der Waals surface area contributed by atoms with Crippen LogP contribution in [0.2, 0.25) is 0 Å². The van der Waals surface area contributed by atoms with Crippen LogP contribution in [0.25, 0.3) is 0 Å². The van der Waals surface area contributed by atoms with Crippen LogP contribution in [0, 0.1) is 0 Å². The Hall–Kier alpha value is -1.29. The molecule has 1 atom stereocenters. The Balaban J connectivity index is 1.61. The molecule has 0 bridgehead atoms. The van der Waals surface area contributed by atoms with Crippen LogP contribution in [0.15, 0.2) is 29.2 Å². The van der Waals surface area contributed by atoms with Crippen molar-refractivity contribution >= 4 is 25.6 Å². The number of nitrogens with one attached hydrogen (secondary N) is 1. The second kappa shape index (κ2) is 7.14. The van der Waals surface area contributed by atoms with Crippen LogP contribution in [-0.4, -0.2) is 64.1 Å². The summed E-state index contributed by atoms with van der Waals surface area (Å²) in [5.74, 6) is 0.0317. The molecule has 1 N–H and O–H groups in total. The predicted octanol–water partition coefficient (Wildman–Crippen LogP) is 0.431. The first-order valence-corrected chi connectivity index (χ1v) is 11.6. The van der Waals surface area contributed by atoms with Crippen molar-refractivity contribution in [1.82, 2.24) is 9.62 Å². The number of hydrogen-bond acceptors (Lipinski definition) is 6. The second-order valence-corrected chi connectivity index (χ2v) is 10.7. The van der Waals surface area contributed by atoms with Crippen LogP contribution in [0.5, 0.6) is 0 Å². The number of Topliss-reactive ketones (excluding diaryl/α,β-unsaturated/α-hetero) is 1. The van der Waals surface area contributed by atoms with Gasteiger partial charge in [-0.1, -0.05) is 12.1 Å². The van der Waals surface area contributed by atoms with Crippen molar-refractivity contribution in [1.29, 1.82) is 0 Å². The lowest BCUT2D eigenvalue weighted by Crippen LogP contribution is -2.34. The number of nitrogens with zero attached hydrogens (tertiary/aromatic N) is 1. The SMILES string of the molecule is O=C(CNC1CCS(=O)(=O)C1)c1ccc(S(=O)(=O)N2CCCC2)cc1. The van der Waals surface area contributed by atoms with E-state index >= 15 is 0 Å². The van der Waals surface area contributed by atoms with Gasteiger partial charge < -0.3 is 5.32 Å². The molecule has 1 unspecified atom stereocenters. The normalized spacial score (nSPS) is 23.8. The molecule has 138 valence electrons. The van der Waals surface area contributed by atoms with Gasteiger partial charge in [0.2, 0.25) is 10.0 Å². The fourth-order valence-electron chi connectivity index (χ4n) is 3.19. The highest BCUT2D eigenvalue weighted by Crippen LogP contribution is 2.21. The van der Waals surface area contributed by atoms with E-state index in [2.05, 4.69) is 5.32 Å². The molecule has 9 heteroatoms. The molecule has 1 aromatic carbocycles. The Labute approximate surface area is 148 Å². The number of ketones is 1. The van der Waals surface area contributed by atoms with Crippen LogP contribution in [0.4, 0.5) is 0 Å². The van der Waals surface area contributed by atoms with E-state index in [4.69, 9.17) is 0 Å². The number of rotatable bonds is 6. The number of carbonyl (C=O) groups excluding carboxylic acids is 1. The number of sulfonamides is 1. The minimum absolute atomic E-state index is 0.0401. The smallest absolute Gasteiger partial charge is 0.243 e. The van der Waals surface area contributed by atoms with Gasteiger partial charge in [0.25, 0.3) is 0 Å². The van der Waals surface area contributed by atoms with Gasteiger partial charge in [-0.05, 0) is 31.4 Å². The minimum Gasteiger partial charge on any atom is -0.306 e. The molecule has 2 aliphatic rings. The summed E-state index contributed by atoms with van der Waals surface area (Å²) in [4.78, 5) is 12.4. The van der Waals surface area contributed by atoms with Crippen molar-refractivity contribution in [2.24, 2.45) is 0 Å². The fourth-order valence-corrected chi connectivity index (χ4v) is 6.41. The quantitative estimate of drug-likeness (QED) is 0.712. The standard InChI is InChI=1S/C16H22N2O5S2/c19-16(11-17-14-7-10-24(20,21)12-14)13-3-5-15(6-4-13)25(22,23)18-8-1-2-9-18/h3-6,14,17H,1-2,7-12H2. The van der Waals surface area contributed by atoms with E-state index in [1.807, 2.05) is 0 Å². The summed E-state index contributed by atoms with van der Waals surface area (Å²) < 4.78 is 49.2. The molecule has 0 aliphatic carbocycles. The Morgan fingerprint density at radius 3 is 2.36 bits per heavy atom. The van der Waals surface area contributed by atoms with Crippen molar-refractivity contribution in [3.8, 4) is 0 Å². The molecule has 2 saturated heterocycles.